The molecule has 2 aliphatic rings. The molecule has 1 saturated heterocycles. The van der Waals surface area contributed by atoms with Crippen molar-refractivity contribution in [1.29, 1.82) is 0 Å². The first kappa shape index (κ1) is 21.9. The summed E-state index contributed by atoms with van der Waals surface area (Å²) in [4.78, 5) is 5.14. The lowest BCUT2D eigenvalue weighted by molar-refractivity contribution is 0.171. The van der Waals surface area contributed by atoms with Crippen molar-refractivity contribution in [2.75, 3.05) is 57.4 Å². The minimum absolute atomic E-state index is 0.334. The average molecular weight is 446 g/mol. The third-order valence-electron chi connectivity index (χ3n) is 5.75. The second-order valence-electron chi connectivity index (χ2n) is 8.05. The molecule has 0 aromatic heterocycles. The first-order valence-corrected chi connectivity index (χ1v) is 12.4. The molecule has 168 valence electrons. The SMILES string of the molecule is Cc1cccc(S(=O)(=O)NCCCCN2CCN(c3cccc4c3OCCO4)CC2)c1. The summed E-state index contributed by atoms with van der Waals surface area (Å²) in [5.41, 5.74) is 2.06. The predicted octanol–water partition coefficient (Wildman–Crippen LogP) is 2.65. The van der Waals surface area contributed by atoms with Gasteiger partial charge in [0.1, 0.15) is 13.2 Å². The van der Waals surface area contributed by atoms with Gasteiger partial charge in [-0.3, -0.25) is 4.90 Å². The van der Waals surface area contributed by atoms with E-state index in [1.165, 1.54) is 0 Å². The van der Waals surface area contributed by atoms with Gasteiger partial charge in [-0.05, 0) is 56.1 Å². The Labute approximate surface area is 185 Å². The van der Waals surface area contributed by atoms with Crippen molar-refractivity contribution in [1.82, 2.24) is 9.62 Å². The molecule has 0 amide bonds. The smallest absolute Gasteiger partial charge is 0.240 e. The Balaban J connectivity index is 1.18. The van der Waals surface area contributed by atoms with Crippen LogP contribution in [0.1, 0.15) is 18.4 Å². The fraction of sp³-hybridized carbons (Fsp3) is 0.478. The molecule has 0 spiro atoms. The van der Waals surface area contributed by atoms with Crippen LogP contribution in [0.5, 0.6) is 11.5 Å². The number of aryl methyl sites for hydroxylation is 1. The standard InChI is InChI=1S/C23H31N3O4S/c1-19-6-4-7-20(18-19)31(27,28)24-10-2-3-11-25-12-14-26(15-13-25)21-8-5-9-22-23(21)30-17-16-29-22/h4-9,18,24H,2-3,10-17H2,1H3. The van der Waals surface area contributed by atoms with Gasteiger partial charge in [-0.15, -0.1) is 0 Å². The molecule has 0 aliphatic carbocycles. The van der Waals surface area contributed by atoms with Crippen molar-refractivity contribution in [2.24, 2.45) is 0 Å². The predicted molar refractivity (Wildman–Crippen MR) is 122 cm³/mol. The van der Waals surface area contributed by atoms with Crippen LogP contribution in [0.25, 0.3) is 0 Å². The van der Waals surface area contributed by atoms with Crippen LogP contribution in [0, 0.1) is 6.92 Å². The third-order valence-corrected chi connectivity index (χ3v) is 7.21. The molecule has 1 fully saturated rings. The molecule has 2 aromatic carbocycles. The van der Waals surface area contributed by atoms with Gasteiger partial charge in [0.2, 0.25) is 10.0 Å². The van der Waals surface area contributed by atoms with Gasteiger partial charge in [-0.1, -0.05) is 18.2 Å². The van der Waals surface area contributed by atoms with Gasteiger partial charge in [0.25, 0.3) is 0 Å². The summed E-state index contributed by atoms with van der Waals surface area (Å²) in [6, 6.07) is 13.1. The zero-order chi connectivity index (χ0) is 21.7. The Morgan fingerprint density at radius 1 is 0.968 bits per heavy atom. The first-order chi connectivity index (χ1) is 15.0. The number of fused-ring (bicyclic) bond motifs is 1. The van der Waals surface area contributed by atoms with Crippen LogP contribution < -0.4 is 19.1 Å². The molecule has 0 unspecified atom stereocenters. The van der Waals surface area contributed by atoms with Gasteiger partial charge in [0.05, 0.1) is 10.6 Å². The highest BCUT2D eigenvalue weighted by molar-refractivity contribution is 7.89. The number of hydrogen-bond acceptors (Lipinski definition) is 6. The summed E-state index contributed by atoms with van der Waals surface area (Å²) >= 11 is 0. The number of benzene rings is 2. The second kappa shape index (κ2) is 9.89. The topological polar surface area (TPSA) is 71.1 Å². The van der Waals surface area contributed by atoms with E-state index in [1.807, 2.05) is 25.1 Å². The summed E-state index contributed by atoms with van der Waals surface area (Å²) in [5.74, 6) is 1.70. The van der Waals surface area contributed by atoms with Gasteiger partial charge in [-0.25, -0.2) is 13.1 Å². The molecule has 8 heteroatoms. The molecule has 0 atom stereocenters. The number of rotatable bonds is 8. The largest absolute Gasteiger partial charge is 0.486 e. The Morgan fingerprint density at radius 2 is 1.74 bits per heavy atom. The highest BCUT2D eigenvalue weighted by atomic mass is 32.2. The zero-order valence-corrected chi connectivity index (χ0v) is 18.9. The highest BCUT2D eigenvalue weighted by Crippen LogP contribution is 2.39. The lowest BCUT2D eigenvalue weighted by Gasteiger charge is -2.37. The molecule has 1 N–H and O–H groups in total. The molecule has 0 saturated carbocycles. The fourth-order valence-corrected chi connectivity index (χ4v) is 5.23. The van der Waals surface area contributed by atoms with Crippen LogP contribution in [0.2, 0.25) is 0 Å². The molecule has 2 aromatic rings. The molecular weight excluding hydrogens is 414 g/mol. The summed E-state index contributed by atoms with van der Waals surface area (Å²) in [7, 11) is -3.43. The maximum Gasteiger partial charge on any atom is 0.240 e. The molecular formula is C23H31N3O4S. The maximum atomic E-state index is 12.4. The quantitative estimate of drug-likeness (QED) is 0.630. The van der Waals surface area contributed by atoms with Crippen LogP contribution in [0.15, 0.2) is 47.4 Å². The van der Waals surface area contributed by atoms with E-state index >= 15 is 0 Å². The number of nitrogens with one attached hydrogen (secondary N) is 1. The number of anilines is 1. The van der Waals surface area contributed by atoms with Crippen LogP contribution in [0.4, 0.5) is 5.69 Å². The summed E-state index contributed by atoms with van der Waals surface area (Å²) in [5, 5.41) is 0. The Morgan fingerprint density at radius 3 is 2.55 bits per heavy atom. The summed E-state index contributed by atoms with van der Waals surface area (Å²) in [6.45, 7) is 8.39. The van der Waals surface area contributed by atoms with Crippen molar-refractivity contribution in [3.63, 3.8) is 0 Å². The molecule has 2 heterocycles. The van der Waals surface area contributed by atoms with Gasteiger partial charge in [0, 0.05) is 32.7 Å². The molecule has 0 radical (unpaired) electrons. The van der Waals surface area contributed by atoms with E-state index in [2.05, 4.69) is 20.6 Å². The van der Waals surface area contributed by atoms with E-state index in [1.54, 1.807) is 18.2 Å². The number of para-hydroxylation sites is 1. The minimum Gasteiger partial charge on any atom is -0.486 e. The number of piperazine rings is 1. The van der Waals surface area contributed by atoms with Crippen molar-refractivity contribution < 1.29 is 17.9 Å². The lowest BCUT2D eigenvalue weighted by atomic mass is 10.2. The monoisotopic (exact) mass is 445 g/mol. The van der Waals surface area contributed by atoms with E-state index in [0.717, 1.165) is 68.3 Å². The first-order valence-electron chi connectivity index (χ1n) is 11.0. The van der Waals surface area contributed by atoms with Gasteiger partial charge in [-0.2, -0.15) is 0 Å². The average Bonchev–Trinajstić information content (AvgIpc) is 2.79. The summed E-state index contributed by atoms with van der Waals surface area (Å²) < 4.78 is 39.0. The highest BCUT2D eigenvalue weighted by Gasteiger charge is 2.23. The Kier molecular flexibility index (Phi) is 6.99. The van der Waals surface area contributed by atoms with E-state index in [-0.39, 0.29) is 0 Å². The molecule has 0 bridgehead atoms. The number of hydrogen-bond donors (Lipinski definition) is 1. The van der Waals surface area contributed by atoms with Crippen molar-refractivity contribution >= 4 is 15.7 Å². The van der Waals surface area contributed by atoms with E-state index in [4.69, 9.17) is 9.47 Å². The van der Waals surface area contributed by atoms with Gasteiger partial charge >= 0.3 is 0 Å². The Hall–Kier alpha value is -2.29. The van der Waals surface area contributed by atoms with Gasteiger partial charge < -0.3 is 14.4 Å². The van der Waals surface area contributed by atoms with Crippen LogP contribution in [-0.4, -0.2) is 65.8 Å². The van der Waals surface area contributed by atoms with Gasteiger partial charge in [0.15, 0.2) is 11.5 Å². The fourth-order valence-electron chi connectivity index (χ4n) is 4.05. The van der Waals surface area contributed by atoms with Crippen LogP contribution in [-0.2, 0) is 10.0 Å². The number of unbranched alkanes of at least 4 members (excludes halogenated alkanes) is 1. The third kappa shape index (κ3) is 5.50. The molecule has 4 rings (SSSR count). The second-order valence-corrected chi connectivity index (χ2v) is 9.82. The maximum absolute atomic E-state index is 12.4. The lowest BCUT2D eigenvalue weighted by Crippen LogP contribution is -2.46. The summed E-state index contributed by atoms with van der Waals surface area (Å²) in [6.07, 6.45) is 1.79. The minimum atomic E-state index is -3.43. The van der Waals surface area contributed by atoms with Crippen molar-refractivity contribution in [3.8, 4) is 11.5 Å². The zero-order valence-electron chi connectivity index (χ0n) is 18.0. The van der Waals surface area contributed by atoms with E-state index in [9.17, 15) is 8.42 Å². The molecule has 7 nitrogen and oxygen atoms in total. The normalized spacial score (nSPS) is 17.0. The molecule has 2 aliphatic heterocycles. The number of ether oxygens (including phenoxy) is 2. The van der Waals surface area contributed by atoms with E-state index in [0.29, 0.717) is 24.7 Å². The molecule has 31 heavy (non-hydrogen) atoms. The number of sulfonamides is 1. The Bertz CT molecular complexity index is 988. The van der Waals surface area contributed by atoms with Crippen LogP contribution >= 0.6 is 0 Å². The van der Waals surface area contributed by atoms with Crippen LogP contribution in [0.3, 0.4) is 0 Å². The number of nitrogens with zero attached hydrogens (tertiary/aromatic N) is 2. The van der Waals surface area contributed by atoms with Crippen molar-refractivity contribution in [3.05, 3.63) is 48.0 Å². The van der Waals surface area contributed by atoms with Crippen molar-refractivity contribution in [2.45, 2.75) is 24.7 Å². The van der Waals surface area contributed by atoms with E-state index < -0.39 is 10.0 Å².